The van der Waals surface area contributed by atoms with Gasteiger partial charge in [0.25, 0.3) is 0 Å². The molecule has 15 heavy (non-hydrogen) atoms. The van der Waals surface area contributed by atoms with Crippen molar-refractivity contribution >= 4 is 44.8 Å². The zero-order valence-corrected chi connectivity index (χ0v) is 11.6. The van der Waals surface area contributed by atoms with Crippen molar-refractivity contribution in [3.8, 4) is 0 Å². The number of carbonyl (C=O) groups excluding carboxylic acids is 1. The average molecular weight is 305 g/mol. The zero-order valence-electron chi connectivity index (χ0n) is 8.37. The van der Waals surface area contributed by atoms with Gasteiger partial charge in [0.15, 0.2) is 5.78 Å². The van der Waals surface area contributed by atoms with Crippen molar-refractivity contribution in [3.05, 3.63) is 20.8 Å². The van der Waals surface area contributed by atoms with Crippen LogP contribution in [0, 0.1) is 0 Å². The molecule has 1 nitrogen and oxygen atoms in total. The lowest BCUT2D eigenvalue weighted by molar-refractivity contribution is -0.118. The van der Waals surface area contributed by atoms with Crippen molar-refractivity contribution in [3.63, 3.8) is 0 Å². The normalized spacial score (nSPS) is 21.5. The highest BCUT2D eigenvalue weighted by molar-refractivity contribution is 9.10. The van der Waals surface area contributed by atoms with E-state index in [2.05, 4.69) is 15.9 Å². The second-order valence-electron chi connectivity index (χ2n) is 3.69. The van der Waals surface area contributed by atoms with Crippen LogP contribution < -0.4 is 0 Å². The molecule has 2 heterocycles. The molecule has 0 amide bonds. The second-order valence-corrected chi connectivity index (χ2v) is 6.86. The third-order valence-electron chi connectivity index (χ3n) is 2.56. The number of Topliss-reactive ketones (excluding diaryl/α,β-unsaturated/α-hetero) is 1. The zero-order chi connectivity index (χ0) is 10.7. The molecule has 1 aliphatic rings. The van der Waals surface area contributed by atoms with Crippen molar-refractivity contribution < 1.29 is 4.79 Å². The molecule has 0 spiro atoms. The Labute approximate surface area is 107 Å². The quantitative estimate of drug-likeness (QED) is 0.842. The average Bonchev–Trinajstić information content (AvgIpc) is 2.66. The highest BCUT2D eigenvalue weighted by atomic mass is 79.9. The number of carbonyl (C=O) groups is 1. The highest BCUT2D eigenvalue weighted by Gasteiger charge is 2.22. The van der Waals surface area contributed by atoms with Gasteiger partial charge in [0.2, 0.25) is 0 Å². The molecule has 1 aromatic heterocycles. The van der Waals surface area contributed by atoms with Gasteiger partial charge >= 0.3 is 0 Å². The van der Waals surface area contributed by atoms with Gasteiger partial charge in [0.05, 0.1) is 5.25 Å². The number of halogens is 1. The molecule has 1 fully saturated rings. The molecule has 0 bridgehead atoms. The lowest BCUT2D eigenvalue weighted by Crippen LogP contribution is -2.22. The van der Waals surface area contributed by atoms with E-state index in [1.165, 1.54) is 17.7 Å². The number of thioether (sulfide) groups is 1. The van der Waals surface area contributed by atoms with Crippen LogP contribution in [0.3, 0.4) is 0 Å². The topological polar surface area (TPSA) is 17.1 Å². The van der Waals surface area contributed by atoms with E-state index in [1.54, 1.807) is 11.3 Å². The van der Waals surface area contributed by atoms with Crippen LogP contribution in [0.15, 0.2) is 15.9 Å². The molecular weight excluding hydrogens is 292 g/mol. The van der Waals surface area contributed by atoms with Crippen LogP contribution in [0.2, 0.25) is 0 Å². The molecule has 1 atom stereocenters. The Morgan fingerprint density at radius 3 is 3.00 bits per heavy atom. The number of ketones is 1. The third kappa shape index (κ3) is 3.08. The summed E-state index contributed by atoms with van der Waals surface area (Å²) in [5, 5.41) is 2.29. The van der Waals surface area contributed by atoms with Crippen LogP contribution in [-0.4, -0.2) is 16.8 Å². The Morgan fingerprint density at radius 1 is 1.53 bits per heavy atom. The van der Waals surface area contributed by atoms with Crippen molar-refractivity contribution in [2.45, 2.75) is 30.9 Å². The predicted octanol–water partition coefficient (Wildman–Crippen LogP) is 3.91. The van der Waals surface area contributed by atoms with E-state index >= 15 is 0 Å². The lowest BCUT2D eigenvalue weighted by atomic mass is 10.1. The molecule has 0 aromatic carbocycles. The van der Waals surface area contributed by atoms with Gasteiger partial charge in [-0.15, -0.1) is 11.3 Å². The molecular formula is C11H13BrOS2. The second kappa shape index (κ2) is 5.51. The Morgan fingerprint density at radius 2 is 2.40 bits per heavy atom. The maximum absolute atomic E-state index is 12.0. The molecule has 2 rings (SSSR count). The van der Waals surface area contributed by atoms with Crippen LogP contribution in [0.4, 0.5) is 0 Å². The lowest BCUT2D eigenvalue weighted by Gasteiger charge is -2.19. The molecule has 1 aromatic rings. The van der Waals surface area contributed by atoms with Gasteiger partial charge < -0.3 is 0 Å². The predicted molar refractivity (Wildman–Crippen MR) is 70.8 cm³/mol. The van der Waals surface area contributed by atoms with Crippen molar-refractivity contribution in [2.24, 2.45) is 0 Å². The Hall–Kier alpha value is 0.200. The SMILES string of the molecule is O=C(Cc1sccc1Br)C1CCCCS1. The molecule has 1 aliphatic heterocycles. The minimum absolute atomic E-state index is 0.257. The maximum atomic E-state index is 12.0. The summed E-state index contributed by atoms with van der Waals surface area (Å²) in [6, 6.07) is 2.02. The minimum atomic E-state index is 0.257. The van der Waals surface area contributed by atoms with Crippen LogP contribution in [0.1, 0.15) is 24.1 Å². The monoisotopic (exact) mass is 304 g/mol. The molecule has 0 radical (unpaired) electrons. The smallest absolute Gasteiger partial charge is 0.151 e. The summed E-state index contributed by atoms with van der Waals surface area (Å²) >= 11 is 6.97. The Balaban J connectivity index is 1.94. The minimum Gasteiger partial charge on any atom is -0.298 e. The first-order valence-electron chi connectivity index (χ1n) is 5.13. The first-order chi connectivity index (χ1) is 7.27. The fourth-order valence-corrected chi connectivity index (χ4v) is 4.48. The highest BCUT2D eigenvalue weighted by Crippen LogP contribution is 2.29. The van der Waals surface area contributed by atoms with Crippen LogP contribution in [0.25, 0.3) is 0 Å². The summed E-state index contributed by atoms with van der Waals surface area (Å²) in [5.74, 6) is 1.56. The fourth-order valence-electron chi connectivity index (χ4n) is 1.72. The van der Waals surface area contributed by atoms with E-state index in [4.69, 9.17) is 0 Å². The molecule has 0 aliphatic carbocycles. The molecule has 4 heteroatoms. The van der Waals surface area contributed by atoms with Crippen LogP contribution in [-0.2, 0) is 11.2 Å². The largest absolute Gasteiger partial charge is 0.298 e. The Bertz CT molecular complexity index is 342. The van der Waals surface area contributed by atoms with E-state index in [0.717, 1.165) is 16.6 Å². The fraction of sp³-hybridized carbons (Fsp3) is 0.545. The van der Waals surface area contributed by atoms with Crippen molar-refractivity contribution in [1.82, 2.24) is 0 Å². The van der Waals surface area contributed by atoms with Gasteiger partial charge in [-0.1, -0.05) is 6.42 Å². The summed E-state index contributed by atoms with van der Waals surface area (Å²) in [7, 11) is 0. The summed E-state index contributed by atoms with van der Waals surface area (Å²) in [5.41, 5.74) is 0. The van der Waals surface area contributed by atoms with Gasteiger partial charge in [-0.25, -0.2) is 0 Å². The van der Waals surface area contributed by atoms with Gasteiger partial charge in [0.1, 0.15) is 0 Å². The van der Waals surface area contributed by atoms with Crippen LogP contribution in [0.5, 0.6) is 0 Å². The van der Waals surface area contributed by atoms with E-state index < -0.39 is 0 Å². The summed E-state index contributed by atoms with van der Waals surface area (Å²) in [6.07, 6.45) is 4.18. The number of thiophene rings is 1. The Kier molecular flexibility index (Phi) is 4.29. The first-order valence-corrected chi connectivity index (χ1v) is 7.85. The van der Waals surface area contributed by atoms with E-state index in [0.29, 0.717) is 12.2 Å². The first kappa shape index (κ1) is 11.7. The number of hydrogen-bond donors (Lipinski definition) is 0. The van der Waals surface area contributed by atoms with Gasteiger partial charge in [-0.3, -0.25) is 4.79 Å². The van der Waals surface area contributed by atoms with Gasteiger partial charge in [-0.2, -0.15) is 11.8 Å². The third-order valence-corrected chi connectivity index (χ3v) is 5.92. The molecule has 0 N–H and O–H groups in total. The molecule has 0 saturated carbocycles. The molecule has 1 unspecified atom stereocenters. The van der Waals surface area contributed by atoms with E-state index in [9.17, 15) is 4.79 Å². The van der Waals surface area contributed by atoms with Gasteiger partial charge in [0, 0.05) is 15.8 Å². The van der Waals surface area contributed by atoms with Crippen molar-refractivity contribution in [1.29, 1.82) is 0 Å². The standard InChI is InChI=1S/C11H13BrOS2/c12-8-4-6-15-11(8)7-9(13)10-3-1-2-5-14-10/h4,6,10H,1-3,5,7H2. The van der Waals surface area contributed by atoms with Gasteiger partial charge in [-0.05, 0) is 46.0 Å². The summed E-state index contributed by atoms with van der Waals surface area (Å²) in [4.78, 5) is 13.2. The van der Waals surface area contributed by atoms with Crippen LogP contribution >= 0.6 is 39.0 Å². The number of hydrogen-bond acceptors (Lipinski definition) is 3. The molecule has 1 saturated heterocycles. The van der Waals surface area contributed by atoms with E-state index in [-0.39, 0.29) is 5.25 Å². The summed E-state index contributed by atoms with van der Waals surface area (Å²) in [6.45, 7) is 0. The van der Waals surface area contributed by atoms with Crippen molar-refractivity contribution in [2.75, 3.05) is 5.75 Å². The maximum Gasteiger partial charge on any atom is 0.151 e. The summed E-state index contributed by atoms with van der Waals surface area (Å²) < 4.78 is 1.08. The van der Waals surface area contributed by atoms with E-state index in [1.807, 2.05) is 23.2 Å². The number of rotatable bonds is 3. The molecule has 82 valence electrons.